The number of carboxylic acids is 1. The molecule has 74 valence electrons. The third-order valence-corrected chi connectivity index (χ3v) is 1.53. The average Bonchev–Trinajstić information content (AvgIpc) is 1.99. The summed E-state index contributed by atoms with van der Waals surface area (Å²) < 4.78 is 0. The molecule has 0 saturated carbocycles. The van der Waals surface area contributed by atoms with Crippen molar-refractivity contribution < 1.29 is 9.90 Å². The van der Waals surface area contributed by atoms with Crippen molar-refractivity contribution in [2.24, 2.45) is 0 Å². The second kappa shape index (κ2) is 5.37. The first-order valence-corrected chi connectivity index (χ1v) is 3.95. The van der Waals surface area contributed by atoms with E-state index in [-0.39, 0.29) is 6.54 Å². The highest BCUT2D eigenvalue weighted by atomic mass is 16.4. The van der Waals surface area contributed by atoms with Gasteiger partial charge in [0, 0.05) is 19.8 Å². The number of carboxylic acid groups (broad SMARTS) is 1. The maximum atomic E-state index is 10.5. The number of nitrogens with zero attached hydrogens (tertiary/aromatic N) is 2. The van der Waals surface area contributed by atoms with Crippen LogP contribution in [0.4, 0.5) is 0 Å². The van der Waals surface area contributed by atoms with Gasteiger partial charge in [0.2, 0.25) is 0 Å². The van der Waals surface area contributed by atoms with Crippen LogP contribution in [0.1, 0.15) is 6.92 Å². The van der Waals surface area contributed by atoms with Gasteiger partial charge in [0.1, 0.15) is 6.54 Å². The Morgan fingerprint density at radius 3 is 2.38 bits per heavy atom. The van der Waals surface area contributed by atoms with Crippen molar-refractivity contribution in [1.82, 2.24) is 10.0 Å². The Balaban J connectivity index is 4.50. The van der Waals surface area contributed by atoms with Crippen LogP contribution < -0.4 is 0 Å². The van der Waals surface area contributed by atoms with Crippen molar-refractivity contribution >= 4 is 5.97 Å². The van der Waals surface area contributed by atoms with Crippen molar-refractivity contribution in [2.75, 3.05) is 20.6 Å². The van der Waals surface area contributed by atoms with Gasteiger partial charge in [0.15, 0.2) is 0 Å². The van der Waals surface area contributed by atoms with Crippen LogP contribution in [-0.4, -0.2) is 41.7 Å². The molecule has 0 spiro atoms. The summed E-state index contributed by atoms with van der Waals surface area (Å²) in [6, 6.07) is 0. The van der Waals surface area contributed by atoms with Crippen LogP contribution >= 0.6 is 0 Å². The van der Waals surface area contributed by atoms with Gasteiger partial charge in [-0.05, 0) is 13.0 Å². The molecular weight excluding hydrogens is 168 g/mol. The molecule has 0 aromatic heterocycles. The van der Waals surface area contributed by atoms with Gasteiger partial charge >= 0.3 is 5.97 Å². The molecule has 1 N–H and O–H groups in total. The molecule has 0 unspecified atom stereocenters. The normalized spacial score (nSPS) is 11.5. The zero-order chi connectivity index (χ0) is 10.4. The van der Waals surface area contributed by atoms with Crippen LogP contribution in [0.15, 0.2) is 24.4 Å². The Morgan fingerprint density at radius 1 is 1.54 bits per heavy atom. The molecule has 0 saturated heterocycles. The highest BCUT2D eigenvalue weighted by Crippen LogP contribution is 2.04. The van der Waals surface area contributed by atoms with E-state index in [0.717, 1.165) is 5.70 Å². The van der Waals surface area contributed by atoms with Gasteiger partial charge in [-0.2, -0.15) is 0 Å². The third kappa shape index (κ3) is 4.32. The van der Waals surface area contributed by atoms with E-state index in [1.807, 2.05) is 6.92 Å². The zero-order valence-corrected chi connectivity index (χ0v) is 8.32. The Morgan fingerprint density at radius 2 is 2.08 bits per heavy atom. The summed E-state index contributed by atoms with van der Waals surface area (Å²) in [6.45, 7) is 5.35. The van der Waals surface area contributed by atoms with Crippen LogP contribution in [0.5, 0.6) is 0 Å². The molecular formula is C9H16N2O2. The SMILES string of the molecule is C=C/C=C(\C)N(CC(=O)O)N(C)C. The van der Waals surface area contributed by atoms with E-state index in [0.29, 0.717) is 0 Å². The fraction of sp³-hybridized carbons (Fsp3) is 0.444. The monoisotopic (exact) mass is 184 g/mol. The summed E-state index contributed by atoms with van der Waals surface area (Å²) in [5, 5.41) is 12.0. The smallest absolute Gasteiger partial charge is 0.324 e. The molecule has 0 aliphatic rings. The standard InChI is InChI=1S/C9H16N2O2/c1-5-6-8(2)11(10(3)4)7-9(12)13/h5-6H,1,7H2,2-4H3,(H,12,13)/b8-6+. The van der Waals surface area contributed by atoms with Gasteiger partial charge in [-0.3, -0.25) is 9.80 Å². The Kier molecular flexibility index (Phi) is 4.84. The first kappa shape index (κ1) is 11.7. The van der Waals surface area contributed by atoms with Gasteiger partial charge in [-0.25, -0.2) is 5.01 Å². The lowest BCUT2D eigenvalue weighted by molar-refractivity contribution is -0.141. The van der Waals surface area contributed by atoms with Crippen molar-refractivity contribution in [3.63, 3.8) is 0 Å². The van der Waals surface area contributed by atoms with Gasteiger partial charge in [0.05, 0.1) is 0 Å². The van der Waals surface area contributed by atoms with E-state index in [9.17, 15) is 4.79 Å². The number of hydrazine groups is 1. The summed E-state index contributed by atoms with van der Waals surface area (Å²) in [5.74, 6) is -0.856. The van der Waals surface area contributed by atoms with Crippen LogP contribution in [-0.2, 0) is 4.79 Å². The summed E-state index contributed by atoms with van der Waals surface area (Å²) >= 11 is 0. The van der Waals surface area contributed by atoms with Crippen molar-refractivity contribution in [2.45, 2.75) is 6.92 Å². The van der Waals surface area contributed by atoms with E-state index in [1.165, 1.54) is 0 Å². The number of hydrogen-bond donors (Lipinski definition) is 1. The van der Waals surface area contributed by atoms with E-state index in [2.05, 4.69) is 6.58 Å². The minimum Gasteiger partial charge on any atom is -0.480 e. The van der Waals surface area contributed by atoms with Gasteiger partial charge in [-0.15, -0.1) is 0 Å². The molecule has 0 aromatic carbocycles. The van der Waals surface area contributed by atoms with E-state index < -0.39 is 5.97 Å². The quantitative estimate of drug-likeness (QED) is 0.510. The minimum atomic E-state index is -0.856. The summed E-state index contributed by atoms with van der Waals surface area (Å²) in [5.41, 5.74) is 0.849. The number of aliphatic carboxylic acids is 1. The maximum Gasteiger partial charge on any atom is 0.324 e. The van der Waals surface area contributed by atoms with Crippen LogP contribution in [0.25, 0.3) is 0 Å². The van der Waals surface area contributed by atoms with Crippen LogP contribution in [0, 0.1) is 0 Å². The van der Waals surface area contributed by atoms with Crippen LogP contribution in [0.2, 0.25) is 0 Å². The summed E-state index contributed by atoms with van der Waals surface area (Å²) in [7, 11) is 3.59. The lowest BCUT2D eigenvalue weighted by Crippen LogP contribution is -2.39. The zero-order valence-electron chi connectivity index (χ0n) is 8.32. The second-order valence-electron chi connectivity index (χ2n) is 2.84. The Labute approximate surface area is 78.7 Å². The molecule has 4 heteroatoms. The average molecular weight is 184 g/mol. The predicted molar refractivity (Wildman–Crippen MR) is 52.0 cm³/mol. The molecule has 0 heterocycles. The topological polar surface area (TPSA) is 43.8 Å². The molecule has 0 radical (unpaired) electrons. The fourth-order valence-electron chi connectivity index (χ4n) is 0.966. The Hall–Kier alpha value is -1.29. The molecule has 4 nitrogen and oxygen atoms in total. The van der Waals surface area contributed by atoms with E-state index >= 15 is 0 Å². The molecule has 0 aliphatic carbocycles. The molecule has 0 fully saturated rings. The highest BCUT2D eigenvalue weighted by molar-refractivity contribution is 5.69. The molecule has 0 rings (SSSR count). The minimum absolute atomic E-state index is 0.0385. The largest absolute Gasteiger partial charge is 0.480 e. The van der Waals surface area contributed by atoms with Crippen molar-refractivity contribution in [3.05, 3.63) is 24.4 Å². The first-order chi connectivity index (χ1) is 5.99. The number of carbonyl (C=O) groups is 1. The molecule has 0 atom stereocenters. The van der Waals surface area contributed by atoms with E-state index in [1.54, 1.807) is 36.3 Å². The van der Waals surface area contributed by atoms with E-state index in [4.69, 9.17) is 5.11 Å². The number of rotatable bonds is 5. The highest BCUT2D eigenvalue weighted by Gasteiger charge is 2.11. The summed E-state index contributed by atoms with van der Waals surface area (Å²) in [6.07, 6.45) is 3.40. The van der Waals surface area contributed by atoms with Crippen molar-refractivity contribution in [3.8, 4) is 0 Å². The Bertz CT molecular complexity index is 222. The molecule has 13 heavy (non-hydrogen) atoms. The molecule has 0 amide bonds. The number of allylic oxidation sites excluding steroid dienone is 3. The molecule has 0 aromatic rings. The molecule has 0 aliphatic heterocycles. The summed E-state index contributed by atoms with van der Waals surface area (Å²) in [4.78, 5) is 10.5. The number of hydrogen-bond acceptors (Lipinski definition) is 3. The maximum absolute atomic E-state index is 10.5. The second-order valence-corrected chi connectivity index (χ2v) is 2.84. The fourth-order valence-corrected chi connectivity index (χ4v) is 0.966. The molecule has 0 bridgehead atoms. The van der Waals surface area contributed by atoms with Crippen LogP contribution in [0.3, 0.4) is 0 Å². The lowest BCUT2D eigenvalue weighted by atomic mass is 10.4. The third-order valence-electron chi connectivity index (χ3n) is 1.53. The lowest BCUT2D eigenvalue weighted by Gasteiger charge is -2.29. The van der Waals surface area contributed by atoms with Gasteiger partial charge < -0.3 is 5.11 Å². The van der Waals surface area contributed by atoms with Gasteiger partial charge in [0.25, 0.3) is 0 Å². The van der Waals surface area contributed by atoms with Crippen molar-refractivity contribution in [1.29, 1.82) is 0 Å². The predicted octanol–water partition coefficient (Wildman–Crippen LogP) is 0.939. The van der Waals surface area contributed by atoms with Gasteiger partial charge in [-0.1, -0.05) is 12.7 Å². The first-order valence-electron chi connectivity index (χ1n) is 3.95.